The van der Waals surface area contributed by atoms with E-state index in [-0.39, 0.29) is 49.1 Å². The summed E-state index contributed by atoms with van der Waals surface area (Å²) in [5.41, 5.74) is -0.157. The summed E-state index contributed by atoms with van der Waals surface area (Å²) in [6, 6.07) is 15.9. The Kier molecular flexibility index (Phi) is 18.3. The smallest absolute Gasteiger partial charge is 0.407 e. The van der Waals surface area contributed by atoms with Gasteiger partial charge in [-0.2, -0.15) is 0 Å². The van der Waals surface area contributed by atoms with Crippen molar-refractivity contribution < 1.29 is 28.7 Å². The number of rotatable bonds is 25. The minimum Gasteiger partial charge on any atom is -0.461 e. The van der Waals surface area contributed by atoms with Gasteiger partial charge in [0.15, 0.2) is 11.6 Å². The summed E-state index contributed by atoms with van der Waals surface area (Å²) in [6.07, 6.45) is 4.80. The van der Waals surface area contributed by atoms with Gasteiger partial charge in [0.05, 0.1) is 17.6 Å². The number of carbonyl (C=O) groups excluding carboxylic acids is 4. The van der Waals surface area contributed by atoms with Crippen LogP contribution in [-0.4, -0.2) is 65.9 Å². The van der Waals surface area contributed by atoms with Crippen molar-refractivity contribution in [2.24, 2.45) is 5.41 Å². The lowest BCUT2D eigenvalue weighted by Crippen LogP contribution is -2.65. The first kappa shape index (κ1) is 46.3. The summed E-state index contributed by atoms with van der Waals surface area (Å²) in [5.74, 6) is -0.407. The van der Waals surface area contributed by atoms with Crippen molar-refractivity contribution in [3.63, 3.8) is 0 Å². The molecular weight excluding hydrogens is 681 g/mol. The molecule has 1 unspecified atom stereocenters. The third-order valence-corrected chi connectivity index (χ3v) is 11.3. The minimum absolute atomic E-state index is 0.0164. The Morgan fingerprint density at radius 3 is 1.91 bits per heavy atom. The molecule has 0 radical (unpaired) electrons. The Morgan fingerprint density at radius 1 is 0.741 bits per heavy atom. The first-order valence-corrected chi connectivity index (χ1v) is 19.5. The van der Waals surface area contributed by atoms with Crippen LogP contribution in [0.1, 0.15) is 124 Å². The van der Waals surface area contributed by atoms with Crippen molar-refractivity contribution in [3.05, 3.63) is 77.9 Å². The van der Waals surface area contributed by atoms with Gasteiger partial charge in [-0.15, -0.1) is 0 Å². The van der Waals surface area contributed by atoms with Gasteiger partial charge < -0.3 is 30.7 Å². The molecule has 0 heterocycles. The molecule has 0 saturated carbocycles. The third-order valence-electron chi connectivity index (χ3n) is 11.3. The Balaban J connectivity index is 2.15. The zero-order chi connectivity index (χ0) is 40.6. The number of carbonyl (C=O) groups is 4. The fourth-order valence-electron chi connectivity index (χ4n) is 6.02. The number of ether oxygens (including phenoxy) is 2. The molecule has 54 heavy (non-hydrogen) atoms. The number of alkyl carbamates (subject to hydrolysis) is 1. The second-order valence-corrected chi connectivity index (χ2v) is 16.2. The van der Waals surface area contributed by atoms with Gasteiger partial charge >= 0.3 is 12.1 Å². The average molecular weight is 749 g/mol. The molecule has 3 atom stereocenters. The summed E-state index contributed by atoms with van der Waals surface area (Å²) in [7, 11) is 1.79. The summed E-state index contributed by atoms with van der Waals surface area (Å²) in [6.45, 7) is 22.3. The van der Waals surface area contributed by atoms with E-state index in [4.69, 9.17) is 9.47 Å². The standard InChI is InChI=1S/C44H68N4O6/c1-12-32-23-25-34(26-24-32)30-53-37(49)28-27-36(47-41(4,5)13-2)38(50)42(6,7)43(8,9)48-35(39(51)44(10,14-3)45-11)22-18-19-29-46-40(52)54-31-33-20-16-15-17-21-33/h12,15-17,20-21,23-26,35-36,45,47-48H,1,13-14,18-19,22,27-31H2,2-11H3,(H,46,52)/t35-,36-,44?/m0/s1. The minimum atomic E-state index is -0.962. The molecule has 10 heteroatoms. The van der Waals surface area contributed by atoms with Crippen LogP contribution in [0.15, 0.2) is 61.2 Å². The number of unbranched alkanes of at least 4 members (excludes halogenated alkanes) is 1. The number of hydrogen-bond donors (Lipinski definition) is 4. The van der Waals surface area contributed by atoms with Crippen molar-refractivity contribution in [2.45, 2.75) is 149 Å². The Hall–Kier alpha value is -3.86. The third kappa shape index (κ3) is 14.1. The van der Waals surface area contributed by atoms with E-state index in [1.807, 2.05) is 110 Å². The number of likely N-dealkylation sites (N-methyl/N-ethyl adjacent to an activating group) is 1. The molecule has 2 aromatic rings. The molecule has 2 aromatic carbocycles. The second-order valence-electron chi connectivity index (χ2n) is 16.2. The van der Waals surface area contributed by atoms with Gasteiger partial charge in [0.2, 0.25) is 0 Å². The molecule has 0 saturated heterocycles. The van der Waals surface area contributed by atoms with Crippen molar-refractivity contribution in [1.29, 1.82) is 0 Å². The van der Waals surface area contributed by atoms with Gasteiger partial charge in [-0.05, 0) is 96.9 Å². The van der Waals surface area contributed by atoms with Gasteiger partial charge in [0.25, 0.3) is 0 Å². The van der Waals surface area contributed by atoms with Crippen molar-refractivity contribution in [1.82, 2.24) is 21.3 Å². The van der Waals surface area contributed by atoms with Crippen LogP contribution in [-0.2, 0) is 37.1 Å². The number of esters is 1. The number of benzene rings is 2. The molecule has 0 aliphatic rings. The van der Waals surface area contributed by atoms with Crippen LogP contribution in [0.25, 0.3) is 6.08 Å². The van der Waals surface area contributed by atoms with E-state index in [2.05, 4.69) is 34.8 Å². The Bertz CT molecular complexity index is 1500. The van der Waals surface area contributed by atoms with E-state index in [9.17, 15) is 19.2 Å². The average Bonchev–Trinajstić information content (AvgIpc) is 3.16. The molecule has 10 nitrogen and oxygen atoms in total. The highest BCUT2D eigenvalue weighted by Crippen LogP contribution is 2.35. The van der Waals surface area contributed by atoms with Gasteiger partial charge in [-0.1, -0.05) is 94.9 Å². The Labute approximate surface area is 325 Å². The SMILES string of the molecule is C=Cc1ccc(COC(=O)CC[C@H](NC(C)(C)CC)C(=O)C(C)(C)C(C)(C)N[C@@H](CCCCNC(=O)OCc2ccccc2)C(=O)C(C)(CC)NC)cc1. The van der Waals surface area contributed by atoms with Crippen LogP contribution in [0, 0.1) is 5.41 Å². The quantitative estimate of drug-likeness (QED) is 0.0596. The summed E-state index contributed by atoms with van der Waals surface area (Å²) < 4.78 is 10.9. The van der Waals surface area contributed by atoms with E-state index in [0.717, 1.165) is 23.1 Å². The summed E-state index contributed by atoms with van der Waals surface area (Å²) in [4.78, 5) is 54.0. The Morgan fingerprint density at radius 2 is 1.33 bits per heavy atom. The van der Waals surface area contributed by atoms with Crippen LogP contribution < -0.4 is 21.3 Å². The molecule has 0 bridgehead atoms. The lowest BCUT2D eigenvalue weighted by Gasteiger charge is -2.46. The summed E-state index contributed by atoms with van der Waals surface area (Å²) >= 11 is 0. The maximum absolute atomic E-state index is 14.6. The molecule has 0 spiro atoms. The molecule has 0 aliphatic heterocycles. The molecule has 4 N–H and O–H groups in total. The van der Waals surface area contributed by atoms with E-state index in [0.29, 0.717) is 32.2 Å². The van der Waals surface area contributed by atoms with E-state index in [1.165, 1.54) is 0 Å². The molecule has 0 aliphatic carbocycles. The first-order chi connectivity index (χ1) is 25.3. The molecule has 300 valence electrons. The van der Waals surface area contributed by atoms with Crippen LogP contribution in [0.3, 0.4) is 0 Å². The summed E-state index contributed by atoms with van der Waals surface area (Å²) in [5, 5.41) is 13.2. The normalized spacial score (nSPS) is 14.3. The number of Topliss-reactive ketones (excluding diaryl/α,β-unsaturated/α-hetero) is 2. The second kappa shape index (κ2) is 21.3. The van der Waals surface area contributed by atoms with Gasteiger partial charge in [0, 0.05) is 29.5 Å². The van der Waals surface area contributed by atoms with Crippen LogP contribution in [0.2, 0.25) is 0 Å². The molecule has 0 aromatic heterocycles. The van der Waals surface area contributed by atoms with E-state index >= 15 is 0 Å². The maximum atomic E-state index is 14.6. The molecule has 0 fully saturated rings. The lowest BCUT2D eigenvalue weighted by atomic mass is 9.68. The lowest BCUT2D eigenvalue weighted by molar-refractivity contribution is -0.145. The predicted octanol–water partition coefficient (Wildman–Crippen LogP) is 7.69. The highest BCUT2D eigenvalue weighted by atomic mass is 16.5. The first-order valence-electron chi connectivity index (χ1n) is 19.5. The van der Waals surface area contributed by atoms with Crippen molar-refractivity contribution in [2.75, 3.05) is 13.6 Å². The van der Waals surface area contributed by atoms with Crippen molar-refractivity contribution >= 4 is 29.7 Å². The zero-order valence-corrected chi connectivity index (χ0v) is 34.7. The van der Waals surface area contributed by atoms with Crippen molar-refractivity contribution in [3.8, 4) is 0 Å². The van der Waals surface area contributed by atoms with E-state index in [1.54, 1.807) is 13.1 Å². The van der Waals surface area contributed by atoms with Crippen LogP contribution in [0.4, 0.5) is 4.79 Å². The number of nitrogens with one attached hydrogen (secondary N) is 4. The largest absolute Gasteiger partial charge is 0.461 e. The van der Waals surface area contributed by atoms with Gasteiger partial charge in [-0.25, -0.2) is 4.79 Å². The van der Waals surface area contributed by atoms with Crippen LogP contribution >= 0.6 is 0 Å². The van der Waals surface area contributed by atoms with Gasteiger partial charge in [-0.3, -0.25) is 14.4 Å². The van der Waals surface area contributed by atoms with Crippen LogP contribution in [0.5, 0.6) is 0 Å². The zero-order valence-electron chi connectivity index (χ0n) is 34.7. The fraction of sp³-hybridized carbons (Fsp3) is 0.591. The maximum Gasteiger partial charge on any atom is 0.407 e. The number of ketones is 2. The predicted molar refractivity (Wildman–Crippen MR) is 218 cm³/mol. The van der Waals surface area contributed by atoms with E-state index < -0.39 is 34.7 Å². The topological polar surface area (TPSA) is 135 Å². The molecule has 1 amide bonds. The monoisotopic (exact) mass is 749 g/mol. The number of amides is 1. The number of hydrogen-bond acceptors (Lipinski definition) is 9. The highest BCUT2D eigenvalue weighted by molar-refractivity contribution is 5.93. The van der Waals surface area contributed by atoms with Gasteiger partial charge in [0.1, 0.15) is 13.2 Å². The molecular formula is C44H68N4O6. The highest BCUT2D eigenvalue weighted by Gasteiger charge is 2.48. The fourth-order valence-corrected chi connectivity index (χ4v) is 6.02. The molecule has 2 rings (SSSR count).